The molecule has 1 aliphatic rings. The molecule has 4 aromatic rings. The van der Waals surface area contributed by atoms with Crippen LogP contribution in [-0.2, 0) is 23.8 Å². The number of ether oxygens (including phenoxy) is 1. The molecule has 2 aromatic heterocycles. The normalized spacial score (nSPS) is 13.4. The lowest BCUT2D eigenvalue weighted by molar-refractivity contribution is -0.137. The van der Waals surface area contributed by atoms with E-state index in [4.69, 9.17) is 9.72 Å². The number of carbonyl (C=O) groups is 1. The fraction of sp³-hybridized carbons (Fsp3) is 0.269. The van der Waals surface area contributed by atoms with Crippen LogP contribution in [0, 0.1) is 0 Å². The number of rotatable bonds is 6. The second-order valence-electron chi connectivity index (χ2n) is 8.50. The quantitative estimate of drug-likeness (QED) is 0.235. The molecule has 0 bridgehead atoms. The summed E-state index contributed by atoms with van der Waals surface area (Å²) in [4.78, 5) is 33.0. The third-order valence-corrected chi connectivity index (χ3v) is 8.25. The summed E-state index contributed by atoms with van der Waals surface area (Å²) in [6.45, 7) is 0. The van der Waals surface area contributed by atoms with Crippen molar-refractivity contribution in [2.24, 2.45) is 0 Å². The molecule has 2 aromatic carbocycles. The molecule has 1 amide bonds. The number of hydrogen-bond donors (Lipinski definition) is 1. The second-order valence-corrected chi connectivity index (χ2v) is 10.5. The third-order valence-electron chi connectivity index (χ3n) is 6.13. The van der Waals surface area contributed by atoms with Gasteiger partial charge in [0.2, 0.25) is 5.91 Å². The molecule has 192 valence electrons. The highest BCUT2D eigenvalue weighted by Crippen LogP contribution is 2.36. The van der Waals surface area contributed by atoms with Crippen molar-refractivity contribution in [2.45, 2.75) is 37.0 Å². The number of nitrogens with zero attached hydrogens (tertiary/aromatic N) is 2. The van der Waals surface area contributed by atoms with E-state index in [1.165, 1.54) is 34.1 Å². The maximum atomic E-state index is 13.8. The lowest BCUT2D eigenvalue weighted by Crippen LogP contribution is -2.23. The number of benzene rings is 2. The fourth-order valence-electron chi connectivity index (χ4n) is 4.40. The van der Waals surface area contributed by atoms with Gasteiger partial charge in [-0.15, -0.1) is 11.3 Å². The van der Waals surface area contributed by atoms with Crippen molar-refractivity contribution in [3.8, 4) is 11.4 Å². The van der Waals surface area contributed by atoms with Crippen LogP contribution in [0.2, 0.25) is 0 Å². The zero-order chi connectivity index (χ0) is 26.2. The number of halogens is 3. The summed E-state index contributed by atoms with van der Waals surface area (Å²) in [6.07, 6.45) is -0.800. The van der Waals surface area contributed by atoms with E-state index in [1.807, 2.05) is 0 Å². The smallest absolute Gasteiger partial charge is 0.418 e. The van der Waals surface area contributed by atoms with Gasteiger partial charge >= 0.3 is 6.18 Å². The Morgan fingerprint density at radius 1 is 1.14 bits per heavy atom. The summed E-state index contributed by atoms with van der Waals surface area (Å²) in [7, 11) is 1.54. The first-order valence-corrected chi connectivity index (χ1v) is 13.4. The molecule has 1 aliphatic carbocycles. The molecule has 5 rings (SSSR count). The van der Waals surface area contributed by atoms with Gasteiger partial charge in [0.25, 0.3) is 5.56 Å². The predicted molar refractivity (Wildman–Crippen MR) is 139 cm³/mol. The number of methoxy groups -OCH3 is 1. The SMILES string of the molecule is COc1ccc(-n2c(SCC(=O)Nc3ccccc3C(F)(F)F)nc3sc4c(c3c2=O)CCCC4)cc1. The monoisotopic (exact) mass is 545 g/mol. The number of aryl methyl sites for hydroxylation is 2. The van der Waals surface area contributed by atoms with Crippen molar-refractivity contribution in [1.82, 2.24) is 9.55 Å². The van der Waals surface area contributed by atoms with Gasteiger partial charge < -0.3 is 10.1 Å². The number of hydrogen-bond acceptors (Lipinski definition) is 6. The number of thioether (sulfide) groups is 1. The predicted octanol–water partition coefficient (Wildman–Crippen LogP) is 6.08. The molecule has 0 atom stereocenters. The largest absolute Gasteiger partial charge is 0.497 e. The number of carbonyl (C=O) groups excluding carboxylic acids is 1. The Kier molecular flexibility index (Phi) is 7.00. The highest BCUT2D eigenvalue weighted by Gasteiger charge is 2.33. The Bertz CT molecular complexity index is 1530. The number of alkyl halides is 3. The molecule has 0 aliphatic heterocycles. The maximum absolute atomic E-state index is 13.8. The van der Waals surface area contributed by atoms with Crippen LogP contribution in [-0.4, -0.2) is 28.3 Å². The Balaban J connectivity index is 1.50. The minimum Gasteiger partial charge on any atom is -0.497 e. The molecular weight excluding hydrogens is 523 g/mol. The highest BCUT2D eigenvalue weighted by molar-refractivity contribution is 7.99. The van der Waals surface area contributed by atoms with Crippen LogP contribution in [0.4, 0.5) is 18.9 Å². The minimum absolute atomic E-state index is 0.222. The first-order valence-electron chi connectivity index (χ1n) is 11.6. The number of amides is 1. The summed E-state index contributed by atoms with van der Waals surface area (Å²) in [5.74, 6) is -0.246. The van der Waals surface area contributed by atoms with E-state index < -0.39 is 17.6 Å². The Morgan fingerprint density at radius 3 is 2.59 bits per heavy atom. The first-order chi connectivity index (χ1) is 17.8. The van der Waals surface area contributed by atoms with Crippen molar-refractivity contribution in [2.75, 3.05) is 18.2 Å². The molecule has 0 radical (unpaired) electrons. The van der Waals surface area contributed by atoms with Crippen LogP contribution in [0.1, 0.15) is 28.8 Å². The molecule has 0 saturated carbocycles. The highest BCUT2D eigenvalue weighted by atomic mass is 32.2. The summed E-state index contributed by atoms with van der Waals surface area (Å²) in [5, 5.41) is 3.24. The minimum atomic E-state index is -4.60. The van der Waals surface area contributed by atoms with Crippen LogP contribution < -0.4 is 15.6 Å². The molecule has 6 nitrogen and oxygen atoms in total. The van der Waals surface area contributed by atoms with Gasteiger partial charge in [-0.1, -0.05) is 23.9 Å². The molecule has 11 heteroatoms. The summed E-state index contributed by atoms with van der Waals surface area (Å²) in [5.41, 5.74) is 0.139. The van der Waals surface area contributed by atoms with Crippen molar-refractivity contribution in [3.63, 3.8) is 0 Å². The van der Waals surface area contributed by atoms with Crippen LogP contribution in [0.5, 0.6) is 5.75 Å². The Morgan fingerprint density at radius 2 is 1.86 bits per heavy atom. The van der Waals surface area contributed by atoms with Crippen molar-refractivity contribution in [1.29, 1.82) is 0 Å². The van der Waals surface area contributed by atoms with Gasteiger partial charge in [-0.25, -0.2) is 4.98 Å². The van der Waals surface area contributed by atoms with Gasteiger partial charge in [0.15, 0.2) is 5.16 Å². The van der Waals surface area contributed by atoms with Crippen LogP contribution >= 0.6 is 23.1 Å². The van der Waals surface area contributed by atoms with E-state index in [2.05, 4.69) is 5.32 Å². The van der Waals surface area contributed by atoms with E-state index in [0.29, 0.717) is 26.8 Å². The molecule has 1 N–H and O–H groups in total. The average molecular weight is 546 g/mol. The van der Waals surface area contributed by atoms with Gasteiger partial charge in [-0.3, -0.25) is 14.2 Å². The number of fused-ring (bicyclic) bond motifs is 3. The number of nitrogens with one attached hydrogen (secondary N) is 1. The lowest BCUT2D eigenvalue weighted by Gasteiger charge is -2.15. The summed E-state index contributed by atoms with van der Waals surface area (Å²) < 4.78 is 46.7. The lowest BCUT2D eigenvalue weighted by atomic mass is 9.97. The average Bonchev–Trinajstić information content (AvgIpc) is 3.26. The summed E-state index contributed by atoms with van der Waals surface area (Å²) >= 11 is 2.50. The number of thiophene rings is 1. The van der Waals surface area contributed by atoms with E-state index in [-0.39, 0.29) is 17.0 Å². The number of para-hydroxylation sites is 1. The van der Waals surface area contributed by atoms with Gasteiger partial charge in [0.05, 0.1) is 35.2 Å². The zero-order valence-electron chi connectivity index (χ0n) is 19.7. The fourth-order valence-corrected chi connectivity index (χ4v) is 6.51. The first kappa shape index (κ1) is 25.3. The topological polar surface area (TPSA) is 73.2 Å². The maximum Gasteiger partial charge on any atom is 0.418 e. The van der Waals surface area contributed by atoms with Crippen molar-refractivity contribution < 1.29 is 22.7 Å². The zero-order valence-corrected chi connectivity index (χ0v) is 21.4. The van der Waals surface area contributed by atoms with E-state index in [9.17, 15) is 22.8 Å². The van der Waals surface area contributed by atoms with E-state index in [1.54, 1.807) is 31.4 Å². The van der Waals surface area contributed by atoms with Crippen molar-refractivity contribution in [3.05, 3.63) is 74.9 Å². The molecule has 37 heavy (non-hydrogen) atoms. The second kappa shape index (κ2) is 10.2. The van der Waals surface area contributed by atoms with Crippen molar-refractivity contribution >= 4 is 44.9 Å². The van der Waals surface area contributed by atoms with Gasteiger partial charge in [0, 0.05) is 4.88 Å². The van der Waals surface area contributed by atoms with Crippen LogP contribution in [0.3, 0.4) is 0 Å². The number of anilines is 1. The Labute approximate surface area is 218 Å². The van der Waals surface area contributed by atoms with Crippen LogP contribution in [0.25, 0.3) is 15.9 Å². The van der Waals surface area contributed by atoms with Crippen LogP contribution in [0.15, 0.2) is 58.5 Å². The van der Waals surface area contributed by atoms with Gasteiger partial charge in [-0.05, 0) is 67.6 Å². The standard InChI is InChI=1S/C26H22F3N3O3S2/c1-35-16-12-10-15(11-13-16)32-24(34)22-17-6-2-5-9-20(17)37-23(22)31-25(32)36-14-21(33)30-19-8-4-3-7-18(19)26(27,28)29/h3-4,7-8,10-13H,2,5-6,9,14H2,1H3,(H,30,33). The van der Waals surface area contributed by atoms with E-state index >= 15 is 0 Å². The molecule has 0 saturated heterocycles. The number of aromatic nitrogens is 2. The third kappa shape index (κ3) is 5.10. The van der Waals surface area contributed by atoms with Gasteiger partial charge in [0.1, 0.15) is 10.6 Å². The van der Waals surface area contributed by atoms with Gasteiger partial charge in [-0.2, -0.15) is 13.2 Å². The molecular formula is C26H22F3N3O3S2. The molecule has 0 spiro atoms. The Hall–Kier alpha value is -3.31. The van der Waals surface area contributed by atoms with E-state index in [0.717, 1.165) is 54.0 Å². The summed E-state index contributed by atoms with van der Waals surface area (Å²) in [6, 6.07) is 11.7. The molecule has 0 fully saturated rings. The molecule has 2 heterocycles. The molecule has 0 unspecified atom stereocenters.